The van der Waals surface area contributed by atoms with E-state index in [4.69, 9.17) is 4.42 Å². The van der Waals surface area contributed by atoms with Crippen molar-refractivity contribution in [2.24, 2.45) is 5.92 Å². The molecule has 0 amide bonds. The van der Waals surface area contributed by atoms with Gasteiger partial charge in [0.2, 0.25) is 0 Å². The van der Waals surface area contributed by atoms with Gasteiger partial charge < -0.3 is 9.73 Å². The molecule has 0 spiro atoms. The van der Waals surface area contributed by atoms with E-state index in [-0.39, 0.29) is 0 Å². The van der Waals surface area contributed by atoms with Crippen LogP contribution < -0.4 is 5.32 Å². The van der Waals surface area contributed by atoms with E-state index in [1.165, 1.54) is 34.8 Å². The van der Waals surface area contributed by atoms with Crippen LogP contribution in [-0.2, 0) is 6.54 Å². The summed E-state index contributed by atoms with van der Waals surface area (Å²) in [7, 11) is 0. The van der Waals surface area contributed by atoms with Gasteiger partial charge in [0.05, 0.1) is 6.54 Å². The minimum atomic E-state index is 0.454. The number of hydrogen-bond donors (Lipinski definition) is 1. The first kappa shape index (κ1) is 13.5. The molecule has 1 fully saturated rings. The largest absolute Gasteiger partial charge is 0.464 e. The van der Waals surface area contributed by atoms with Gasteiger partial charge in [0, 0.05) is 16.9 Å². The van der Waals surface area contributed by atoms with Crippen molar-refractivity contribution in [1.29, 1.82) is 0 Å². The molecule has 3 heteroatoms. The average molecular weight is 299 g/mol. The zero-order chi connectivity index (χ0) is 14.2. The van der Waals surface area contributed by atoms with Crippen molar-refractivity contribution in [3.63, 3.8) is 0 Å². The Morgan fingerprint density at radius 2 is 2.10 bits per heavy atom. The summed E-state index contributed by atoms with van der Waals surface area (Å²) in [5, 5.41) is 3.67. The summed E-state index contributed by atoms with van der Waals surface area (Å²) in [6.45, 7) is 3.12. The normalized spacial score (nSPS) is 27.4. The highest BCUT2D eigenvalue weighted by molar-refractivity contribution is 7.99. The number of fused-ring (bicyclic) bond motifs is 1. The summed E-state index contributed by atoms with van der Waals surface area (Å²) in [5.41, 5.74) is 1.44. The Morgan fingerprint density at radius 1 is 1.24 bits per heavy atom. The lowest BCUT2D eigenvalue weighted by atomic mass is 10.0. The number of rotatable bonds is 4. The summed E-state index contributed by atoms with van der Waals surface area (Å²) < 4.78 is 5.99. The van der Waals surface area contributed by atoms with Gasteiger partial charge in [-0.3, -0.25) is 0 Å². The molecule has 1 aliphatic heterocycles. The van der Waals surface area contributed by atoms with Gasteiger partial charge in [-0.2, -0.15) is 0 Å². The smallest absolute Gasteiger partial charge is 0.117 e. The molecule has 0 saturated heterocycles. The van der Waals surface area contributed by atoms with E-state index in [9.17, 15) is 0 Å². The SMILES string of the molecule is CC1CC1c1ccc(CNC2CCSc3ccccc32)o1. The molecule has 0 bridgehead atoms. The second-order valence-corrected chi connectivity index (χ2v) is 7.37. The lowest BCUT2D eigenvalue weighted by molar-refractivity contribution is 0.417. The van der Waals surface area contributed by atoms with Gasteiger partial charge in [-0.05, 0) is 48.3 Å². The molecule has 2 aromatic rings. The topological polar surface area (TPSA) is 25.2 Å². The summed E-state index contributed by atoms with van der Waals surface area (Å²) in [5.74, 6) is 4.92. The van der Waals surface area contributed by atoms with E-state index in [2.05, 4.69) is 48.6 Å². The molecule has 1 aliphatic carbocycles. The molecule has 3 unspecified atom stereocenters. The lowest BCUT2D eigenvalue weighted by Crippen LogP contribution is -2.23. The third-order valence-corrected chi connectivity index (χ3v) is 5.76. The number of hydrogen-bond acceptors (Lipinski definition) is 3. The van der Waals surface area contributed by atoms with Crippen molar-refractivity contribution in [2.75, 3.05) is 5.75 Å². The van der Waals surface area contributed by atoms with Gasteiger partial charge in [0.15, 0.2) is 0 Å². The zero-order valence-electron chi connectivity index (χ0n) is 12.3. The Bertz CT molecular complexity index is 636. The molecule has 2 aliphatic rings. The van der Waals surface area contributed by atoms with Gasteiger partial charge in [0.25, 0.3) is 0 Å². The van der Waals surface area contributed by atoms with E-state index < -0.39 is 0 Å². The van der Waals surface area contributed by atoms with E-state index in [1.54, 1.807) is 0 Å². The fourth-order valence-electron chi connectivity index (χ4n) is 3.19. The third-order valence-electron chi connectivity index (χ3n) is 4.64. The molecule has 0 radical (unpaired) electrons. The Morgan fingerprint density at radius 3 is 2.95 bits per heavy atom. The molecular weight excluding hydrogens is 278 g/mol. The van der Waals surface area contributed by atoms with Crippen molar-refractivity contribution >= 4 is 11.8 Å². The lowest BCUT2D eigenvalue weighted by Gasteiger charge is -2.25. The fraction of sp³-hybridized carbons (Fsp3) is 0.444. The van der Waals surface area contributed by atoms with E-state index in [1.807, 2.05) is 11.8 Å². The maximum Gasteiger partial charge on any atom is 0.117 e. The first-order valence-corrected chi connectivity index (χ1v) is 8.83. The van der Waals surface area contributed by atoms with Crippen molar-refractivity contribution in [3.8, 4) is 0 Å². The van der Waals surface area contributed by atoms with Gasteiger partial charge in [-0.1, -0.05) is 25.1 Å². The molecule has 2 heterocycles. The van der Waals surface area contributed by atoms with Gasteiger partial charge >= 0.3 is 0 Å². The molecule has 110 valence electrons. The van der Waals surface area contributed by atoms with E-state index >= 15 is 0 Å². The highest BCUT2D eigenvalue weighted by atomic mass is 32.2. The van der Waals surface area contributed by atoms with E-state index in [0.717, 1.165) is 18.2 Å². The molecule has 1 N–H and O–H groups in total. The standard InChI is InChI=1S/C18H21NOS/c1-12-10-15(12)17-7-6-13(20-17)11-19-16-8-9-21-18-5-3-2-4-14(16)18/h2-7,12,15-16,19H,8-11H2,1H3. The molecule has 1 aromatic heterocycles. The maximum atomic E-state index is 5.99. The molecular formula is C18H21NOS. The zero-order valence-corrected chi connectivity index (χ0v) is 13.2. The molecule has 21 heavy (non-hydrogen) atoms. The molecule has 1 aromatic carbocycles. The average Bonchev–Trinajstić information content (AvgIpc) is 3.07. The third kappa shape index (κ3) is 2.77. The predicted molar refractivity (Wildman–Crippen MR) is 86.6 cm³/mol. The van der Waals surface area contributed by atoms with Crippen LogP contribution in [-0.4, -0.2) is 5.75 Å². The second kappa shape index (κ2) is 5.54. The number of thioether (sulfide) groups is 1. The molecule has 3 atom stereocenters. The predicted octanol–water partition coefficient (Wildman–Crippen LogP) is 4.73. The van der Waals surface area contributed by atoms with Crippen LogP contribution in [0.3, 0.4) is 0 Å². The van der Waals surface area contributed by atoms with Crippen LogP contribution in [0, 0.1) is 5.92 Å². The summed E-state index contributed by atoms with van der Waals surface area (Å²) in [4.78, 5) is 1.42. The van der Waals surface area contributed by atoms with Crippen molar-refractivity contribution in [1.82, 2.24) is 5.32 Å². The van der Waals surface area contributed by atoms with Crippen LogP contribution in [0.5, 0.6) is 0 Å². The van der Waals surface area contributed by atoms with Crippen molar-refractivity contribution < 1.29 is 4.42 Å². The number of benzene rings is 1. The Balaban J connectivity index is 1.42. The van der Waals surface area contributed by atoms with Crippen LogP contribution in [0.15, 0.2) is 45.7 Å². The minimum absolute atomic E-state index is 0.454. The maximum absolute atomic E-state index is 5.99. The van der Waals surface area contributed by atoms with Crippen LogP contribution in [0.25, 0.3) is 0 Å². The van der Waals surface area contributed by atoms with Crippen LogP contribution in [0.1, 0.15) is 48.8 Å². The monoisotopic (exact) mass is 299 g/mol. The molecule has 2 nitrogen and oxygen atoms in total. The summed E-state index contributed by atoms with van der Waals surface area (Å²) in [6, 6.07) is 13.5. The van der Waals surface area contributed by atoms with Crippen LogP contribution in [0.4, 0.5) is 0 Å². The van der Waals surface area contributed by atoms with E-state index in [0.29, 0.717) is 12.0 Å². The summed E-state index contributed by atoms with van der Waals surface area (Å²) in [6.07, 6.45) is 2.47. The van der Waals surface area contributed by atoms with Crippen molar-refractivity contribution in [2.45, 2.75) is 43.2 Å². The van der Waals surface area contributed by atoms with Gasteiger partial charge in [-0.15, -0.1) is 11.8 Å². The minimum Gasteiger partial charge on any atom is -0.464 e. The highest BCUT2D eigenvalue weighted by Gasteiger charge is 2.36. The first-order chi connectivity index (χ1) is 10.3. The second-order valence-electron chi connectivity index (χ2n) is 6.23. The Hall–Kier alpha value is -1.19. The Kier molecular flexibility index (Phi) is 3.56. The highest BCUT2D eigenvalue weighted by Crippen LogP contribution is 2.47. The van der Waals surface area contributed by atoms with Gasteiger partial charge in [0.1, 0.15) is 11.5 Å². The molecule has 1 saturated carbocycles. The quantitative estimate of drug-likeness (QED) is 0.883. The van der Waals surface area contributed by atoms with Crippen molar-refractivity contribution in [3.05, 3.63) is 53.5 Å². The number of furan rings is 1. The Labute approximate surface area is 130 Å². The van der Waals surface area contributed by atoms with Crippen LogP contribution >= 0.6 is 11.8 Å². The first-order valence-electron chi connectivity index (χ1n) is 7.85. The molecule has 4 rings (SSSR count). The summed E-state index contributed by atoms with van der Waals surface area (Å²) >= 11 is 1.97. The fourth-order valence-corrected chi connectivity index (χ4v) is 4.31. The van der Waals surface area contributed by atoms with Gasteiger partial charge in [-0.25, -0.2) is 0 Å². The number of nitrogens with one attached hydrogen (secondary N) is 1. The van der Waals surface area contributed by atoms with Crippen LogP contribution in [0.2, 0.25) is 0 Å².